The van der Waals surface area contributed by atoms with Crippen LogP contribution < -0.4 is 5.56 Å². The van der Waals surface area contributed by atoms with Crippen molar-refractivity contribution < 1.29 is 4.74 Å². The topological polar surface area (TPSA) is 85.7 Å². The number of aromatic amines is 1. The van der Waals surface area contributed by atoms with Crippen LogP contribution in [0.1, 0.15) is 22.9 Å². The lowest BCUT2D eigenvalue weighted by Gasteiger charge is -2.21. The molecule has 2 heterocycles. The molecular formula is C22H20BrN5O2. The average molecular weight is 466 g/mol. The molecule has 0 spiro atoms. The van der Waals surface area contributed by atoms with E-state index < -0.39 is 0 Å². The van der Waals surface area contributed by atoms with Gasteiger partial charge in [0, 0.05) is 23.6 Å². The van der Waals surface area contributed by atoms with E-state index in [1.165, 1.54) is 0 Å². The van der Waals surface area contributed by atoms with Crippen LogP contribution in [0.15, 0.2) is 76.0 Å². The minimum atomic E-state index is -0.306. The van der Waals surface area contributed by atoms with Crippen LogP contribution in [0.2, 0.25) is 0 Å². The fourth-order valence-electron chi connectivity index (χ4n) is 3.32. The van der Waals surface area contributed by atoms with Crippen molar-refractivity contribution in [1.82, 2.24) is 25.2 Å². The van der Waals surface area contributed by atoms with Crippen molar-refractivity contribution in [3.63, 3.8) is 0 Å². The van der Waals surface area contributed by atoms with Crippen LogP contribution in [0.25, 0.3) is 11.4 Å². The van der Waals surface area contributed by atoms with Crippen molar-refractivity contribution in [2.45, 2.75) is 19.1 Å². The van der Waals surface area contributed by atoms with Crippen LogP contribution >= 0.6 is 15.9 Å². The highest BCUT2D eigenvalue weighted by Crippen LogP contribution is 2.25. The monoisotopic (exact) mass is 465 g/mol. The summed E-state index contributed by atoms with van der Waals surface area (Å²) in [7, 11) is 1.74. The minimum absolute atomic E-state index is 0.186. The van der Waals surface area contributed by atoms with Crippen molar-refractivity contribution in [2.24, 2.45) is 7.05 Å². The molecule has 0 saturated carbocycles. The van der Waals surface area contributed by atoms with E-state index in [9.17, 15) is 4.79 Å². The van der Waals surface area contributed by atoms with Crippen LogP contribution in [-0.4, -0.2) is 25.2 Å². The maximum Gasteiger partial charge on any atom is 0.261 e. The second-order valence-electron chi connectivity index (χ2n) is 6.91. The van der Waals surface area contributed by atoms with Gasteiger partial charge in [-0.25, -0.2) is 5.10 Å². The first kappa shape index (κ1) is 20.2. The normalized spacial score (nSPS) is 12.1. The summed E-state index contributed by atoms with van der Waals surface area (Å²) in [6.07, 6.45) is 0.321. The van der Waals surface area contributed by atoms with E-state index in [1.54, 1.807) is 17.7 Å². The van der Waals surface area contributed by atoms with Gasteiger partial charge in [0.25, 0.3) is 5.56 Å². The Morgan fingerprint density at radius 3 is 2.60 bits per heavy atom. The molecule has 0 aliphatic heterocycles. The number of pyridine rings is 1. The molecule has 0 saturated heterocycles. The predicted molar refractivity (Wildman–Crippen MR) is 117 cm³/mol. The summed E-state index contributed by atoms with van der Waals surface area (Å²) in [5, 5.41) is 13.6. The number of nitrogens with one attached hydrogen (secondary N) is 1. The van der Waals surface area contributed by atoms with Gasteiger partial charge in [-0.3, -0.25) is 4.79 Å². The van der Waals surface area contributed by atoms with E-state index in [4.69, 9.17) is 4.74 Å². The molecule has 1 N–H and O–H groups in total. The summed E-state index contributed by atoms with van der Waals surface area (Å²) >= 11 is 3.52. The third-order valence-electron chi connectivity index (χ3n) is 4.88. The molecule has 4 rings (SSSR count). The van der Waals surface area contributed by atoms with E-state index in [-0.39, 0.29) is 11.7 Å². The molecule has 2 aromatic carbocycles. The number of ether oxygens (including phenoxy) is 1. The summed E-state index contributed by atoms with van der Waals surface area (Å²) < 4.78 is 8.91. The molecule has 0 aliphatic rings. The molecule has 2 aromatic heterocycles. The van der Waals surface area contributed by atoms with Gasteiger partial charge >= 0.3 is 0 Å². The first-order valence-electron chi connectivity index (χ1n) is 9.46. The number of hydrogen-bond acceptors (Lipinski definition) is 5. The third-order valence-corrected chi connectivity index (χ3v) is 5.37. The zero-order valence-corrected chi connectivity index (χ0v) is 17.9. The summed E-state index contributed by atoms with van der Waals surface area (Å²) in [5.74, 6) is 0.343. The third kappa shape index (κ3) is 4.55. The summed E-state index contributed by atoms with van der Waals surface area (Å²) in [6.45, 7) is 0.446. The van der Waals surface area contributed by atoms with Gasteiger partial charge in [0.1, 0.15) is 6.10 Å². The molecular weight excluding hydrogens is 446 g/mol. The quantitative estimate of drug-likeness (QED) is 0.448. The van der Waals surface area contributed by atoms with Crippen LogP contribution in [0.5, 0.6) is 0 Å². The summed E-state index contributed by atoms with van der Waals surface area (Å²) in [6, 6.07) is 21.7. The molecule has 0 radical (unpaired) electrons. The maximum atomic E-state index is 13.0. The number of H-pyrrole nitrogens is 1. The lowest BCUT2D eigenvalue weighted by molar-refractivity contribution is 0.0347. The molecule has 0 bridgehead atoms. The highest BCUT2D eigenvalue weighted by atomic mass is 79.9. The van der Waals surface area contributed by atoms with E-state index in [0.717, 1.165) is 21.3 Å². The Morgan fingerprint density at radius 2 is 1.87 bits per heavy atom. The van der Waals surface area contributed by atoms with Gasteiger partial charge in [0.2, 0.25) is 0 Å². The summed E-state index contributed by atoms with van der Waals surface area (Å²) in [4.78, 5) is 13.0. The van der Waals surface area contributed by atoms with Gasteiger partial charge in [0.05, 0.1) is 12.2 Å². The van der Waals surface area contributed by atoms with Gasteiger partial charge in [-0.1, -0.05) is 58.4 Å². The molecule has 7 nitrogen and oxygen atoms in total. The molecule has 4 aromatic rings. The lowest BCUT2D eigenvalue weighted by atomic mass is 10.0. The fourth-order valence-corrected chi connectivity index (χ4v) is 3.77. The first-order valence-corrected chi connectivity index (χ1v) is 10.2. The van der Waals surface area contributed by atoms with E-state index >= 15 is 0 Å². The molecule has 0 fully saturated rings. The van der Waals surface area contributed by atoms with Crippen molar-refractivity contribution in [3.05, 3.63) is 98.4 Å². The molecule has 1 atom stereocenters. The average Bonchev–Trinajstić information content (AvgIpc) is 3.29. The molecule has 1 unspecified atom stereocenters. The van der Waals surface area contributed by atoms with Gasteiger partial charge in [0.15, 0.2) is 5.82 Å². The smallest absolute Gasteiger partial charge is 0.261 e. The van der Waals surface area contributed by atoms with Crippen LogP contribution in [0.4, 0.5) is 0 Å². The van der Waals surface area contributed by atoms with Crippen molar-refractivity contribution in [1.29, 1.82) is 0 Å². The number of aromatic nitrogens is 5. The number of nitrogens with zero attached hydrogens (tertiary/aromatic N) is 4. The Hall–Kier alpha value is -3.10. The standard InChI is InChI=1S/C22H20BrN5O2/c1-28-19(11-10-18(22(28)29)21-24-26-27-25-21)20(13-16-8-5-9-17(23)12-16)30-14-15-6-3-2-4-7-15/h2-12,20H,13-14H2,1H3,(H,24,25,26,27). The largest absolute Gasteiger partial charge is 0.367 e. The fraction of sp³-hybridized carbons (Fsp3) is 0.182. The van der Waals surface area contributed by atoms with Gasteiger partial charge in [-0.05, 0) is 45.8 Å². The predicted octanol–water partition coefficient (Wildman–Crippen LogP) is 3.83. The lowest BCUT2D eigenvalue weighted by Crippen LogP contribution is -2.25. The number of halogens is 1. The SMILES string of the molecule is Cn1c(C(Cc2cccc(Br)c2)OCc2ccccc2)ccc(-c2nnn[nH]2)c1=O. The second-order valence-corrected chi connectivity index (χ2v) is 7.82. The Labute approximate surface area is 181 Å². The van der Waals surface area contributed by atoms with E-state index in [2.05, 4.69) is 48.7 Å². The number of tetrazole rings is 1. The van der Waals surface area contributed by atoms with E-state index in [0.29, 0.717) is 24.4 Å². The Morgan fingerprint density at radius 1 is 1.07 bits per heavy atom. The van der Waals surface area contributed by atoms with Gasteiger partial charge in [-0.2, -0.15) is 0 Å². The van der Waals surface area contributed by atoms with Gasteiger partial charge < -0.3 is 9.30 Å². The minimum Gasteiger partial charge on any atom is -0.367 e. The van der Waals surface area contributed by atoms with Crippen LogP contribution in [0.3, 0.4) is 0 Å². The molecule has 30 heavy (non-hydrogen) atoms. The molecule has 8 heteroatoms. The van der Waals surface area contributed by atoms with Crippen LogP contribution in [0, 0.1) is 0 Å². The number of hydrogen-bond donors (Lipinski definition) is 1. The molecule has 0 amide bonds. The van der Waals surface area contributed by atoms with Gasteiger partial charge in [-0.15, -0.1) is 5.10 Å². The zero-order valence-electron chi connectivity index (χ0n) is 16.3. The zero-order chi connectivity index (χ0) is 20.9. The number of rotatable bonds is 7. The van der Waals surface area contributed by atoms with Crippen molar-refractivity contribution >= 4 is 15.9 Å². The Bertz CT molecular complexity index is 1180. The Balaban J connectivity index is 1.67. The summed E-state index contributed by atoms with van der Waals surface area (Å²) in [5.41, 5.74) is 3.20. The Kier molecular flexibility index (Phi) is 6.15. The van der Waals surface area contributed by atoms with Crippen LogP contribution in [-0.2, 0) is 24.8 Å². The molecule has 152 valence electrons. The van der Waals surface area contributed by atoms with Crippen molar-refractivity contribution in [2.75, 3.05) is 0 Å². The van der Waals surface area contributed by atoms with Crippen molar-refractivity contribution in [3.8, 4) is 11.4 Å². The maximum absolute atomic E-state index is 13.0. The highest BCUT2D eigenvalue weighted by Gasteiger charge is 2.19. The highest BCUT2D eigenvalue weighted by molar-refractivity contribution is 9.10. The molecule has 0 aliphatic carbocycles. The number of benzene rings is 2. The second kappa shape index (κ2) is 9.15. The first-order chi connectivity index (χ1) is 14.6. The van der Waals surface area contributed by atoms with E-state index in [1.807, 2.05) is 48.5 Å².